The molecule has 0 spiro atoms. The fourth-order valence-corrected chi connectivity index (χ4v) is 1.95. The molecule has 2 aromatic heterocycles. The molecular formula is C10H11N3O2S. The van der Waals surface area contributed by atoms with Crippen molar-refractivity contribution in [3.8, 4) is 0 Å². The van der Waals surface area contributed by atoms with Gasteiger partial charge in [0.2, 0.25) is 5.13 Å². The third-order valence-electron chi connectivity index (χ3n) is 2.37. The van der Waals surface area contributed by atoms with Gasteiger partial charge in [0.15, 0.2) is 0 Å². The maximum absolute atomic E-state index is 11.9. The molecule has 0 atom stereocenters. The molecule has 2 aromatic rings. The molecule has 84 valence electrons. The first-order valence-corrected chi connectivity index (χ1v) is 5.61. The molecule has 0 bridgehead atoms. The van der Waals surface area contributed by atoms with Crippen LogP contribution in [0.4, 0.5) is 5.13 Å². The average molecular weight is 237 g/mol. The molecule has 0 fully saturated rings. The van der Waals surface area contributed by atoms with Crippen LogP contribution in [0.1, 0.15) is 27.4 Å². The molecule has 0 aromatic carbocycles. The van der Waals surface area contributed by atoms with Crippen molar-refractivity contribution in [2.75, 3.05) is 5.32 Å². The Morgan fingerprint density at radius 3 is 2.62 bits per heavy atom. The standard InChI is InChI=1S/C10H11N3O2S/c1-5-6(2)15-7(3)8(5)9(14)12-10-13-11-4-16-10/h4H,1-3H3,(H,12,13,14). The lowest BCUT2D eigenvalue weighted by Gasteiger charge is -2.00. The molecule has 0 aliphatic rings. The van der Waals surface area contributed by atoms with Crippen molar-refractivity contribution in [1.82, 2.24) is 10.2 Å². The van der Waals surface area contributed by atoms with Crippen molar-refractivity contribution in [3.63, 3.8) is 0 Å². The van der Waals surface area contributed by atoms with Gasteiger partial charge in [0.25, 0.3) is 5.91 Å². The Balaban J connectivity index is 2.27. The van der Waals surface area contributed by atoms with E-state index in [9.17, 15) is 4.79 Å². The molecule has 0 unspecified atom stereocenters. The van der Waals surface area contributed by atoms with Crippen molar-refractivity contribution < 1.29 is 9.21 Å². The van der Waals surface area contributed by atoms with Crippen molar-refractivity contribution in [2.45, 2.75) is 20.8 Å². The van der Waals surface area contributed by atoms with E-state index in [2.05, 4.69) is 15.5 Å². The highest BCUT2D eigenvalue weighted by Crippen LogP contribution is 2.22. The van der Waals surface area contributed by atoms with Crippen LogP contribution in [0.2, 0.25) is 0 Å². The third-order valence-corrected chi connectivity index (χ3v) is 2.98. The predicted molar refractivity (Wildman–Crippen MR) is 60.8 cm³/mol. The summed E-state index contributed by atoms with van der Waals surface area (Å²) in [6, 6.07) is 0. The summed E-state index contributed by atoms with van der Waals surface area (Å²) >= 11 is 1.28. The maximum atomic E-state index is 11.9. The molecule has 16 heavy (non-hydrogen) atoms. The van der Waals surface area contributed by atoms with Gasteiger partial charge in [-0.15, -0.1) is 10.2 Å². The second-order valence-electron chi connectivity index (χ2n) is 3.41. The van der Waals surface area contributed by atoms with Crippen LogP contribution >= 0.6 is 11.3 Å². The summed E-state index contributed by atoms with van der Waals surface area (Å²) in [4.78, 5) is 11.9. The van der Waals surface area contributed by atoms with Gasteiger partial charge in [-0.2, -0.15) is 0 Å². The maximum Gasteiger partial charge on any atom is 0.261 e. The van der Waals surface area contributed by atoms with Crippen LogP contribution in [0, 0.1) is 20.8 Å². The summed E-state index contributed by atoms with van der Waals surface area (Å²) < 4.78 is 5.39. The molecule has 2 heterocycles. The Morgan fingerprint density at radius 2 is 2.12 bits per heavy atom. The number of nitrogens with one attached hydrogen (secondary N) is 1. The van der Waals surface area contributed by atoms with Gasteiger partial charge < -0.3 is 4.42 Å². The number of aromatic nitrogens is 2. The number of amides is 1. The van der Waals surface area contributed by atoms with Crippen LogP contribution < -0.4 is 5.32 Å². The van der Waals surface area contributed by atoms with E-state index in [1.165, 1.54) is 11.3 Å². The van der Waals surface area contributed by atoms with E-state index >= 15 is 0 Å². The fourth-order valence-electron chi connectivity index (χ4n) is 1.51. The van der Waals surface area contributed by atoms with Gasteiger partial charge in [-0.25, -0.2) is 0 Å². The molecule has 5 nitrogen and oxygen atoms in total. The Morgan fingerprint density at radius 1 is 1.38 bits per heavy atom. The van der Waals surface area contributed by atoms with Gasteiger partial charge in [-0.05, 0) is 20.8 Å². The zero-order valence-electron chi connectivity index (χ0n) is 9.20. The minimum Gasteiger partial charge on any atom is -0.466 e. The minimum atomic E-state index is -0.205. The van der Waals surface area contributed by atoms with Crippen molar-refractivity contribution in [3.05, 3.63) is 28.2 Å². The van der Waals surface area contributed by atoms with Crippen LogP contribution in [0.3, 0.4) is 0 Å². The lowest BCUT2D eigenvalue weighted by atomic mass is 10.1. The average Bonchev–Trinajstić information content (AvgIpc) is 2.77. The van der Waals surface area contributed by atoms with Crippen LogP contribution in [0.25, 0.3) is 0 Å². The van der Waals surface area contributed by atoms with Gasteiger partial charge in [0.1, 0.15) is 17.0 Å². The Kier molecular flexibility index (Phi) is 2.74. The van der Waals surface area contributed by atoms with Crippen LogP contribution in [-0.4, -0.2) is 16.1 Å². The summed E-state index contributed by atoms with van der Waals surface area (Å²) in [7, 11) is 0. The highest BCUT2D eigenvalue weighted by molar-refractivity contribution is 7.13. The number of hydrogen-bond acceptors (Lipinski definition) is 5. The number of hydrogen-bond donors (Lipinski definition) is 1. The Bertz CT molecular complexity index is 516. The van der Waals surface area contributed by atoms with Crippen molar-refractivity contribution in [1.29, 1.82) is 0 Å². The molecule has 6 heteroatoms. The molecule has 1 amide bonds. The van der Waals surface area contributed by atoms with E-state index in [4.69, 9.17) is 4.42 Å². The zero-order chi connectivity index (χ0) is 11.7. The van der Waals surface area contributed by atoms with Gasteiger partial charge >= 0.3 is 0 Å². The molecule has 0 radical (unpaired) electrons. The summed E-state index contributed by atoms with van der Waals surface area (Å²) in [5.41, 5.74) is 3.00. The number of rotatable bonds is 2. The second kappa shape index (κ2) is 4.05. The van der Waals surface area contributed by atoms with Crippen molar-refractivity contribution >= 4 is 22.4 Å². The predicted octanol–water partition coefficient (Wildman–Crippen LogP) is 2.31. The third kappa shape index (κ3) is 1.83. The number of furan rings is 1. The smallest absolute Gasteiger partial charge is 0.261 e. The molecule has 0 aliphatic heterocycles. The van der Waals surface area contributed by atoms with Gasteiger partial charge in [0, 0.05) is 5.56 Å². The van der Waals surface area contributed by atoms with Crippen LogP contribution in [-0.2, 0) is 0 Å². The van der Waals surface area contributed by atoms with E-state index in [-0.39, 0.29) is 5.91 Å². The van der Waals surface area contributed by atoms with Crippen molar-refractivity contribution in [2.24, 2.45) is 0 Å². The lowest BCUT2D eigenvalue weighted by molar-refractivity contribution is 0.102. The summed E-state index contributed by atoms with van der Waals surface area (Å²) in [6.45, 7) is 5.47. The Hall–Kier alpha value is -1.69. The quantitative estimate of drug-likeness (QED) is 0.870. The molecule has 0 aliphatic carbocycles. The molecule has 0 saturated carbocycles. The van der Waals surface area contributed by atoms with Crippen LogP contribution in [0.5, 0.6) is 0 Å². The Labute approximate surface area is 96.5 Å². The van der Waals surface area contributed by atoms with E-state index in [1.54, 1.807) is 12.4 Å². The number of carbonyl (C=O) groups excluding carboxylic acids is 1. The number of nitrogens with zero attached hydrogens (tertiary/aromatic N) is 2. The second-order valence-corrected chi connectivity index (χ2v) is 4.25. The monoisotopic (exact) mass is 237 g/mol. The molecule has 0 saturated heterocycles. The molecule has 2 rings (SSSR count). The summed E-state index contributed by atoms with van der Waals surface area (Å²) in [5.74, 6) is 1.18. The van der Waals surface area contributed by atoms with E-state index in [1.807, 2.05) is 13.8 Å². The fraction of sp³-hybridized carbons (Fsp3) is 0.300. The highest BCUT2D eigenvalue weighted by atomic mass is 32.1. The topological polar surface area (TPSA) is 68.0 Å². The normalized spacial score (nSPS) is 10.4. The SMILES string of the molecule is Cc1oc(C)c(C(=O)Nc2nncs2)c1C. The highest BCUT2D eigenvalue weighted by Gasteiger charge is 2.19. The lowest BCUT2D eigenvalue weighted by Crippen LogP contribution is -2.13. The minimum absolute atomic E-state index is 0.205. The molecular weight excluding hydrogens is 226 g/mol. The first kappa shape index (κ1) is 10.8. The van der Waals surface area contributed by atoms with E-state index in [0.717, 1.165) is 11.3 Å². The van der Waals surface area contributed by atoms with E-state index < -0.39 is 0 Å². The summed E-state index contributed by atoms with van der Waals surface area (Å²) in [5, 5.41) is 10.6. The number of carbonyl (C=O) groups is 1. The molecule has 1 N–H and O–H groups in total. The largest absolute Gasteiger partial charge is 0.466 e. The zero-order valence-corrected chi connectivity index (χ0v) is 10.0. The van der Waals surface area contributed by atoms with E-state index in [0.29, 0.717) is 16.5 Å². The van der Waals surface area contributed by atoms with Gasteiger partial charge in [0.05, 0.1) is 5.56 Å². The first-order chi connectivity index (χ1) is 7.59. The summed E-state index contributed by atoms with van der Waals surface area (Å²) in [6.07, 6.45) is 0. The number of anilines is 1. The van der Waals surface area contributed by atoms with Crippen LogP contribution in [0.15, 0.2) is 9.93 Å². The van der Waals surface area contributed by atoms with Gasteiger partial charge in [-0.3, -0.25) is 10.1 Å². The first-order valence-electron chi connectivity index (χ1n) is 4.73. The number of aryl methyl sites for hydroxylation is 2. The van der Waals surface area contributed by atoms with Gasteiger partial charge in [-0.1, -0.05) is 11.3 Å².